The maximum atomic E-state index is 13.3. The van der Waals surface area contributed by atoms with E-state index in [0.717, 1.165) is 40.3 Å². The molecule has 2 aromatic rings. The monoisotopic (exact) mass is 488 g/mol. The summed E-state index contributed by atoms with van der Waals surface area (Å²) in [7, 11) is 0. The van der Waals surface area contributed by atoms with Crippen LogP contribution >= 0.6 is 23.5 Å². The third-order valence-electron chi connectivity index (χ3n) is 4.92. The van der Waals surface area contributed by atoms with Gasteiger partial charge in [0.1, 0.15) is 22.1 Å². The van der Waals surface area contributed by atoms with Crippen molar-refractivity contribution in [1.82, 2.24) is 4.57 Å². The lowest BCUT2D eigenvalue weighted by Crippen LogP contribution is -2.25. The highest BCUT2D eigenvalue weighted by Gasteiger charge is 2.36. The van der Waals surface area contributed by atoms with Gasteiger partial charge in [0.15, 0.2) is 5.25 Å². The molecule has 1 N–H and O–H groups in total. The smallest absolute Gasteiger partial charge is 0.329 e. The van der Waals surface area contributed by atoms with Gasteiger partial charge in [-0.3, -0.25) is 14.4 Å². The van der Waals surface area contributed by atoms with Crippen molar-refractivity contribution in [2.75, 3.05) is 17.7 Å². The van der Waals surface area contributed by atoms with E-state index in [0.29, 0.717) is 22.3 Å². The molecule has 1 aliphatic rings. The summed E-state index contributed by atoms with van der Waals surface area (Å²) < 4.78 is 20.2. The van der Waals surface area contributed by atoms with Gasteiger partial charge in [-0.15, -0.1) is 0 Å². The van der Waals surface area contributed by atoms with Crippen LogP contribution in [0, 0.1) is 31.0 Å². The second-order valence-electron chi connectivity index (χ2n) is 7.06. The number of carbonyl (C=O) groups excluding carboxylic acids is 3. The van der Waals surface area contributed by atoms with Crippen LogP contribution in [0.4, 0.5) is 10.2 Å². The summed E-state index contributed by atoms with van der Waals surface area (Å²) in [5, 5.41) is 11.4. The molecule has 11 heteroatoms. The molecule has 0 radical (unpaired) electrons. The van der Waals surface area contributed by atoms with Gasteiger partial charge in [0.05, 0.1) is 17.9 Å². The van der Waals surface area contributed by atoms with E-state index < -0.39 is 23.0 Å². The fraction of sp³-hybridized carbons (Fsp3) is 0.318. The Hall–Kier alpha value is -3.10. The van der Waals surface area contributed by atoms with Crippen LogP contribution in [0.5, 0.6) is 0 Å². The summed E-state index contributed by atoms with van der Waals surface area (Å²) >= 11 is 1.98. The first-order valence-electron chi connectivity index (χ1n) is 9.97. The van der Waals surface area contributed by atoms with Gasteiger partial charge < -0.3 is 14.6 Å². The van der Waals surface area contributed by atoms with E-state index in [-0.39, 0.29) is 18.2 Å². The SMILES string of the molecule is CCOC(=O)[C@H]1SC(SCC(=O)Nc2c(C#N)c(C)c(C)n2Cc2ccc(F)cc2)=NC1=O. The van der Waals surface area contributed by atoms with Crippen LogP contribution in [-0.2, 0) is 25.7 Å². The van der Waals surface area contributed by atoms with E-state index >= 15 is 0 Å². The van der Waals surface area contributed by atoms with Crippen LogP contribution in [0.15, 0.2) is 29.3 Å². The molecule has 1 aliphatic heterocycles. The Kier molecular flexibility index (Phi) is 7.94. The Morgan fingerprint density at radius 2 is 2.03 bits per heavy atom. The predicted octanol–water partition coefficient (Wildman–Crippen LogP) is 3.40. The first-order valence-corrected chi connectivity index (χ1v) is 11.8. The van der Waals surface area contributed by atoms with Crippen LogP contribution < -0.4 is 5.32 Å². The highest BCUT2D eigenvalue weighted by Crippen LogP contribution is 2.31. The van der Waals surface area contributed by atoms with Crippen molar-refractivity contribution in [3.63, 3.8) is 0 Å². The van der Waals surface area contributed by atoms with Crippen molar-refractivity contribution in [1.29, 1.82) is 5.26 Å². The summed E-state index contributed by atoms with van der Waals surface area (Å²) in [5.74, 6) is -1.72. The number of benzene rings is 1. The predicted molar refractivity (Wildman–Crippen MR) is 126 cm³/mol. The van der Waals surface area contributed by atoms with Crippen molar-refractivity contribution in [3.05, 3.63) is 52.5 Å². The molecule has 0 unspecified atom stereocenters. The van der Waals surface area contributed by atoms with Gasteiger partial charge in [-0.1, -0.05) is 35.7 Å². The van der Waals surface area contributed by atoms with Gasteiger partial charge in [0.25, 0.3) is 5.91 Å². The summed E-state index contributed by atoms with van der Waals surface area (Å²) in [6, 6.07) is 8.12. The number of nitrogens with zero attached hydrogens (tertiary/aromatic N) is 3. The van der Waals surface area contributed by atoms with Gasteiger partial charge in [-0.25, -0.2) is 4.39 Å². The number of amides is 2. The molecular weight excluding hydrogens is 467 g/mol. The zero-order valence-electron chi connectivity index (χ0n) is 18.2. The Bertz CT molecular complexity index is 1170. The fourth-order valence-corrected chi connectivity index (χ4v) is 5.04. The summed E-state index contributed by atoms with van der Waals surface area (Å²) in [6.45, 7) is 5.79. The van der Waals surface area contributed by atoms with Crippen molar-refractivity contribution < 1.29 is 23.5 Å². The van der Waals surface area contributed by atoms with Crippen molar-refractivity contribution in [2.45, 2.75) is 32.6 Å². The highest BCUT2D eigenvalue weighted by atomic mass is 32.2. The molecule has 2 amide bonds. The second-order valence-corrected chi connectivity index (χ2v) is 9.38. The average molecular weight is 489 g/mol. The molecule has 1 atom stereocenters. The number of hydrogen-bond acceptors (Lipinski definition) is 7. The van der Waals surface area contributed by atoms with Crippen molar-refractivity contribution >= 4 is 51.5 Å². The molecule has 33 heavy (non-hydrogen) atoms. The number of rotatable bonds is 7. The third-order valence-corrected chi connectivity index (χ3v) is 7.23. The quantitative estimate of drug-likeness (QED) is 0.469. The number of nitrogens with one attached hydrogen (secondary N) is 1. The first kappa shape index (κ1) is 24.5. The number of esters is 1. The van der Waals surface area contributed by atoms with Gasteiger partial charge in [0, 0.05) is 12.2 Å². The average Bonchev–Trinajstić information content (AvgIpc) is 3.26. The van der Waals surface area contributed by atoms with Gasteiger partial charge >= 0.3 is 5.97 Å². The normalized spacial score (nSPS) is 15.2. The number of thioether (sulfide) groups is 2. The number of halogens is 1. The highest BCUT2D eigenvalue weighted by molar-refractivity contribution is 8.40. The number of nitriles is 1. The zero-order chi connectivity index (χ0) is 24.1. The molecule has 0 saturated carbocycles. The van der Waals surface area contributed by atoms with E-state index in [1.54, 1.807) is 30.5 Å². The van der Waals surface area contributed by atoms with E-state index in [1.807, 2.05) is 6.92 Å². The number of ether oxygens (including phenoxy) is 1. The summed E-state index contributed by atoms with van der Waals surface area (Å²) in [4.78, 5) is 40.2. The van der Waals surface area contributed by atoms with Crippen molar-refractivity contribution in [2.24, 2.45) is 4.99 Å². The number of aliphatic imine (C=N–C) groups is 1. The number of aromatic nitrogens is 1. The van der Waals surface area contributed by atoms with Gasteiger partial charge in [0.2, 0.25) is 5.91 Å². The second kappa shape index (κ2) is 10.7. The molecule has 8 nitrogen and oxygen atoms in total. The molecule has 0 spiro atoms. The van der Waals surface area contributed by atoms with E-state index in [4.69, 9.17) is 4.74 Å². The Labute approximate surface area is 198 Å². The standard InChI is InChI=1S/C22H21FN4O4S2/c1-4-31-21(30)18-20(29)26-22(33-18)32-11-17(28)25-19-16(9-24)12(2)13(3)27(19)10-14-5-7-15(23)8-6-14/h5-8,18H,4,10-11H2,1-3H3,(H,25,28)/t18-/m0/s1. The molecule has 0 aliphatic carbocycles. The van der Waals surface area contributed by atoms with Gasteiger partial charge in [-0.2, -0.15) is 10.3 Å². The van der Waals surface area contributed by atoms with E-state index in [9.17, 15) is 24.0 Å². The minimum Gasteiger partial charge on any atom is -0.465 e. The molecule has 2 heterocycles. The summed E-state index contributed by atoms with van der Waals surface area (Å²) in [5.41, 5.74) is 2.70. The van der Waals surface area contributed by atoms with Gasteiger partial charge in [-0.05, 0) is 44.0 Å². The molecule has 0 bridgehead atoms. The lowest BCUT2D eigenvalue weighted by Gasteiger charge is -2.13. The van der Waals surface area contributed by atoms with Crippen LogP contribution in [0.25, 0.3) is 0 Å². The molecule has 0 fully saturated rings. The largest absolute Gasteiger partial charge is 0.465 e. The fourth-order valence-electron chi connectivity index (χ4n) is 3.16. The third kappa shape index (κ3) is 5.64. The molecular formula is C22H21FN4O4S2. The number of carbonyl (C=O) groups is 3. The lowest BCUT2D eigenvalue weighted by molar-refractivity contribution is -0.144. The Morgan fingerprint density at radius 1 is 1.33 bits per heavy atom. The zero-order valence-corrected chi connectivity index (χ0v) is 19.8. The molecule has 3 rings (SSSR count). The van der Waals surface area contributed by atoms with Crippen molar-refractivity contribution in [3.8, 4) is 6.07 Å². The van der Waals surface area contributed by atoms with Crippen LogP contribution in [-0.4, -0.2) is 44.3 Å². The maximum absolute atomic E-state index is 13.3. The van der Waals surface area contributed by atoms with Crippen LogP contribution in [0.3, 0.4) is 0 Å². The molecule has 1 aromatic carbocycles. The Morgan fingerprint density at radius 3 is 2.67 bits per heavy atom. The molecule has 0 saturated heterocycles. The first-order chi connectivity index (χ1) is 15.7. The number of hydrogen-bond donors (Lipinski definition) is 1. The number of anilines is 1. The topological polar surface area (TPSA) is 114 Å². The Balaban J connectivity index is 1.70. The van der Waals surface area contributed by atoms with E-state index in [2.05, 4.69) is 16.4 Å². The minimum absolute atomic E-state index is 0.0701. The molecule has 172 valence electrons. The summed E-state index contributed by atoms with van der Waals surface area (Å²) in [6.07, 6.45) is 0. The lowest BCUT2D eigenvalue weighted by atomic mass is 10.2. The van der Waals surface area contributed by atoms with Crippen LogP contribution in [0.2, 0.25) is 0 Å². The van der Waals surface area contributed by atoms with E-state index in [1.165, 1.54) is 12.1 Å². The minimum atomic E-state index is -1.04. The van der Waals surface area contributed by atoms with Crippen LogP contribution in [0.1, 0.15) is 29.3 Å². The molecule has 1 aromatic heterocycles. The maximum Gasteiger partial charge on any atom is 0.329 e.